The first-order valence-corrected chi connectivity index (χ1v) is 8.09. The molecule has 1 fully saturated rings. The molecule has 0 radical (unpaired) electrons. The predicted octanol–water partition coefficient (Wildman–Crippen LogP) is 2.04. The summed E-state index contributed by atoms with van der Waals surface area (Å²) in [7, 11) is -3.81. The topological polar surface area (TPSA) is 58.2 Å². The molecule has 0 spiro atoms. The molecular formula is C13H17F3N2O2S. The first kappa shape index (κ1) is 16.3. The molecule has 118 valence electrons. The third-order valence-electron chi connectivity index (χ3n) is 3.41. The van der Waals surface area contributed by atoms with Gasteiger partial charge >= 0.3 is 6.18 Å². The lowest BCUT2D eigenvalue weighted by Gasteiger charge is -2.24. The predicted molar refractivity (Wildman–Crippen MR) is 72.4 cm³/mol. The lowest BCUT2D eigenvalue weighted by molar-refractivity contribution is -0.137. The maximum absolute atomic E-state index is 12.6. The van der Waals surface area contributed by atoms with E-state index in [0.717, 1.165) is 31.2 Å². The van der Waals surface area contributed by atoms with Crippen molar-refractivity contribution in [2.24, 2.45) is 0 Å². The molecule has 0 aromatic heterocycles. The molecule has 1 atom stereocenters. The molecule has 4 nitrogen and oxygen atoms in total. The molecular weight excluding hydrogens is 305 g/mol. The van der Waals surface area contributed by atoms with E-state index in [1.807, 2.05) is 0 Å². The third kappa shape index (κ3) is 3.96. The van der Waals surface area contributed by atoms with Gasteiger partial charge in [0.15, 0.2) is 0 Å². The molecule has 0 unspecified atom stereocenters. The molecule has 21 heavy (non-hydrogen) atoms. The van der Waals surface area contributed by atoms with E-state index in [2.05, 4.69) is 10.0 Å². The normalized spacial score (nSPS) is 20.5. The molecule has 0 amide bonds. The number of rotatable bonds is 3. The number of aryl methyl sites for hydroxylation is 1. The maximum Gasteiger partial charge on any atom is 0.416 e. The SMILES string of the molecule is Cc1cc(C(F)(F)F)ccc1S(=O)(=O)N[C@@H]1CCCNC1. The molecule has 2 N–H and O–H groups in total. The molecule has 2 rings (SSSR count). The second-order valence-electron chi connectivity index (χ2n) is 5.14. The van der Waals surface area contributed by atoms with Crippen molar-refractivity contribution in [3.63, 3.8) is 0 Å². The van der Waals surface area contributed by atoms with Crippen LogP contribution in [0, 0.1) is 6.92 Å². The van der Waals surface area contributed by atoms with Crippen molar-refractivity contribution in [2.45, 2.75) is 36.9 Å². The van der Waals surface area contributed by atoms with Crippen LogP contribution in [0.2, 0.25) is 0 Å². The van der Waals surface area contributed by atoms with Crippen molar-refractivity contribution in [3.05, 3.63) is 29.3 Å². The van der Waals surface area contributed by atoms with Gasteiger partial charge in [0.1, 0.15) is 0 Å². The Labute approximate surface area is 121 Å². The molecule has 0 bridgehead atoms. The zero-order valence-electron chi connectivity index (χ0n) is 11.5. The number of sulfonamides is 1. The number of hydrogen-bond acceptors (Lipinski definition) is 3. The van der Waals surface area contributed by atoms with Crippen LogP contribution in [-0.4, -0.2) is 27.5 Å². The summed E-state index contributed by atoms with van der Waals surface area (Å²) >= 11 is 0. The van der Waals surface area contributed by atoms with Crippen molar-refractivity contribution < 1.29 is 21.6 Å². The fourth-order valence-corrected chi connectivity index (χ4v) is 3.86. The van der Waals surface area contributed by atoms with Crippen LogP contribution in [0.15, 0.2) is 23.1 Å². The highest BCUT2D eigenvalue weighted by atomic mass is 32.2. The van der Waals surface area contributed by atoms with Gasteiger partial charge in [0, 0.05) is 12.6 Å². The number of hydrogen-bond donors (Lipinski definition) is 2. The minimum absolute atomic E-state index is 0.0843. The standard InChI is InChI=1S/C13H17F3N2O2S/c1-9-7-10(13(14,15)16)4-5-12(9)21(19,20)18-11-3-2-6-17-8-11/h4-5,7,11,17-18H,2-3,6,8H2,1H3/t11-/m1/s1. The number of benzene rings is 1. The maximum atomic E-state index is 12.6. The first-order valence-electron chi connectivity index (χ1n) is 6.61. The highest BCUT2D eigenvalue weighted by molar-refractivity contribution is 7.89. The Balaban J connectivity index is 2.23. The van der Waals surface area contributed by atoms with E-state index in [1.165, 1.54) is 6.92 Å². The molecule has 8 heteroatoms. The smallest absolute Gasteiger partial charge is 0.315 e. The first-order chi connectivity index (χ1) is 9.70. The van der Waals surface area contributed by atoms with Crippen molar-refractivity contribution in [1.82, 2.24) is 10.0 Å². The quantitative estimate of drug-likeness (QED) is 0.895. The molecule has 0 aliphatic carbocycles. The number of halogens is 3. The molecule has 1 saturated heterocycles. The fourth-order valence-electron chi connectivity index (χ4n) is 2.36. The summed E-state index contributed by atoms with van der Waals surface area (Å²) in [5, 5.41) is 3.08. The molecule has 0 saturated carbocycles. The summed E-state index contributed by atoms with van der Waals surface area (Å²) in [5.41, 5.74) is -0.764. The van der Waals surface area contributed by atoms with Gasteiger partial charge in [0.05, 0.1) is 10.5 Å². The van der Waals surface area contributed by atoms with Gasteiger partial charge in [0.2, 0.25) is 10.0 Å². The van der Waals surface area contributed by atoms with Crippen molar-refractivity contribution in [1.29, 1.82) is 0 Å². The van der Waals surface area contributed by atoms with Crippen LogP contribution in [0.4, 0.5) is 13.2 Å². The second-order valence-corrected chi connectivity index (χ2v) is 6.83. The van der Waals surface area contributed by atoms with Crippen LogP contribution in [-0.2, 0) is 16.2 Å². The number of alkyl halides is 3. The molecule has 1 aromatic carbocycles. The Morgan fingerprint density at radius 1 is 1.33 bits per heavy atom. The van der Waals surface area contributed by atoms with Gasteiger partial charge in [-0.2, -0.15) is 13.2 Å². The van der Waals surface area contributed by atoms with Crippen LogP contribution < -0.4 is 10.0 Å². The van der Waals surface area contributed by atoms with Gasteiger partial charge in [-0.3, -0.25) is 0 Å². The van der Waals surface area contributed by atoms with Gasteiger partial charge in [-0.15, -0.1) is 0 Å². The summed E-state index contributed by atoms with van der Waals surface area (Å²) in [6.07, 6.45) is -2.90. The summed E-state index contributed by atoms with van der Waals surface area (Å²) in [5.74, 6) is 0. The van der Waals surface area contributed by atoms with E-state index in [9.17, 15) is 21.6 Å². The zero-order valence-corrected chi connectivity index (χ0v) is 12.3. The Morgan fingerprint density at radius 2 is 2.05 bits per heavy atom. The summed E-state index contributed by atoms with van der Waals surface area (Å²) in [6.45, 7) is 2.74. The van der Waals surface area contributed by atoms with Gasteiger partial charge in [0.25, 0.3) is 0 Å². The highest BCUT2D eigenvalue weighted by Gasteiger charge is 2.32. The largest absolute Gasteiger partial charge is 0.416 e. The van der Waals surface area contributed by atoms with E-state index in [-0.39, 0.29) is 16.5 Å². The van der Waals surface area contributed by atoms with Crippen molar-refractivity contribution in [3.8, 4) is 0 Å². The molecule has 1 aromatic rings. The number of nitrogens with one attached hydrogen (secondary N) is 2. The number of piperidine rings is 1. The van der Waals surface area contributed by atoms with Gasteiger partial charge in [-0.1, -0.05) is 0 Å². The van der Waals surface area contributed by atoms with Crippen molar-refractivity contribution in [2.75, 3.05) is 13.1 Å². The van der Waals surface area contributed by atoms with E-state index in [0.29, 0.717) is 13.0 Å². The lowest BCUT2D eigenvalue weighted by Crippen LogP contribution is -2.45. The van der Waals surface area contributed by atoms with Crippen LogP contribution in [0.1, 0.15) is 24.0 Å². The minimum atomic E-state index is -4.48. The van der Waals surface area contributed by atoms with E-state index < -0.39 is 21.8 Å². The van der Waals surface area contributed by atoms with Gasteiger partial charge in [-0.05, 0) is 50.1 Å². The van der Waals surface area contributed by atoms with Crippen LogP contribution in [0.5, 0.6) is 0 Å². The molecule has 1 aliphatic heterocycles. The third-order valence-corrected chi connectivity index (χ3v) is 5.09. The average molecular weight is 322 g/mol. The lowest BCUT2D eigenvalue weighted by atomic mass is 10.1. The van der Waals surface area contributed by atoms with Gasteiger partial charge in [-0.25, -0.2) is 13.1 Å². The summed E-state index contributed by atoms with van der Waals surface area (Å²) < 4.78 is 64.8. The van der Waals surface area contributed by atoms with E-state index in [1.54, 1.807) is 0 Å². The Morgan fingerprint density at radius 3 is 2.57 bits per heavy atom. The highest BCUT2D eigenvalue weighted by Crippen LogP contribution is 2.31. The van der Waals surface area contributed by atoms with Crippen LogP contribution in [0.3, 0.4) is 0 Å². The van der Waals surface area contributed by atoms with Crippen LogP contribution in [0.25, 0.3) is 0 Å². The average Bonchev–Trinajstić information content (AvgIpc) is 2.37. The summed E-state index contributed by atoms with van der Waals surface area (Å²) in [6, 6.07) is 2.43. The molecule has 1 aliphatic rings. The Bertz CT molecular complexity index is 608. The Kier molecular flexibility index (Phi) is 4.60. The summed E-state index contributed by atoms with van der Waals surface area (Å²) in [4.78, 5) is -0.110. The van der Waals surface area contributed by atoms with Crippen LogP contribution >= 0.6 is 0 Å². The fraction of sp³-hybridized carbons (Fsp3) is 0.538. The molecule has 1 heterocycles. The zero-order chi connectivity index (χ0) is 15.7. The monoisotopic (exact) mass is 322 g/mol. The second kappa shape index (κ2) is 5.94. The minimum Gasteiger partial charge on any atom is -0.315 e. The Hall–Kier alpha value is -1.12. The van der Waals surface area contributed by atoms with E-state index in [4.69, 9.17) is 0 Å². The van der Waals surface area contributed by atoms with Gasteiger partial charge < -0.3 is 5.32 Å². The van der Waals surface area contributed by atoms with E-state index >= 15 is 0 Å². The van der Waals surface area contributed by atoms with Crippen molar-refractivity contribution >= 4 is 10.0 Å².